The van der Waals surface area contributed by atoms with E-state index in [2.05, 4.69) is 31.1 Å². The van der Waals surface area contributed by atoms with Gasteiger partial charge in [-0.3, -0.25) is 0 Å². The van der Waals surface area contributed by atoms with E-state index in [0.29, 0.717) is 30.2 Å². The minimum absolute atomic E-state index is 0.247. The Morgan fingerprint density at radius 3 is 2.33 bits per heavy atom. The van der Waals surface area contributed by atoms with E-state index in [1.165, 1.54) is 0 Å². The van der Waals surface area contributed by atoms with Crippen molar-refractivity contribution >= 4 is 11.4 Å². The Morgan fingerprint density at radius 2 is 1.87 bits per heavy atom. The minimum Gasteiger partial charge on any atom is -0.411 e. The van der Waals surface area contributed by atoms with Gasteiger partial charge in [0.15, 0.2) is 0 Å². The molecule has 86 valence electrons. The first-order valence-electron chi connectivity index (χ1n) is 5.47. The molecule has 0 saturated heterocycles. The molecule has 1 saturated carbocycles. The van der Waals surface area contributed by atoms with E-state index >= 15 is 0 Å². The third kappa shape index (κ3) is 2.49. The van der Waals surface area contributed by atoms with Gasteiger partial charge in [0.2, 0.25) is 0 Å². The van der Waals surface area contributed by atoms with Crippen molar-refractivity contribution in [2.75, 3.05) is 0 Å². The van der Waals surface area contributed by atoms with Crippen molar-refractivity contribution in [2.24, 2.45) is 21.6 Å². The summed E-state index contributed by atoms with van der Waals surface area (Å²) in [6.07, 6.45) is 3.50. The molecule has 0 spiro atoms. The maximum Gasteiger partial charge on any atom is 0.105 e. The van der Waals surface area contributed by atoms with Gasteiger partial charge < -0.3 is 10.4 Å². The SMILES string of the molecule is CCC(C)(C)C1CCC(=NO)C(=NO)C1. The van der Waals surface area contributed by atoms with Crippen LogP contribution >= 0.6 is 0 Å². The maximum atomic E-state index is 8.84. The molecule has 1 rings (SSSR count). The molecule has 0 heterocycles. The molecule has 1 aliphatic carbocycles. The van der Waals surface area contributed by atoms with E-state index in [4.69, 9.17) is 10.4 Å². The number of hydrogen-bond acceptors (Lipinski definition) is 4. The van der Waals surface area contributed by atoms with Crippen LogP contribution in [0.15, 0.2) is 10.3 Å². The van der Waals surface area contributed by atoms with Crippen molar-refractivity contribution < 1.29 is 10.4 Å². The lowest BCUT2D eigenvalue weighted by molar-refractivity contribution is 0.193. The standard InChI is InChI=1S/C11H20N2O2/c1-4-11(2,3)8-5-6-9(12-14)10(7-8)13-15/h8,14-15H,4-7H2,1-3H3. The summed E-state index contributed by atoms with van der Waals surface area (Å²) < 4.78 is 0. The summed E-state index contributed by atoms with van der Waals surface area (Å²) in [5, 5.41) is 24.0. The summed E-state index contributed by atoms with van der Waals surface area (Å²) in [6.45, 7) is 6.63. The topological polar surface area (TPSA) is 65.2 Å². The van der Waals surface area contributed by atoms with Crippen molar-refractivity contribution in [1.82, 2.24) is 0 Å². The van der Waals surface area contributed by atoms with Crippen molar-refractivity contribution in [3.05, 3.63) is 0 Å². The van der Waals surface area contributed by atoms with Gasteiger partial charge in [-0.25, -0.2) is 0 Å². The summed E-state index contributed by atoms with van der Waals surface area (Å²) >= 11 is 0. The highest BCUT2D eigenvalue weighted by molar-refractivity contribution is 6.42. The van der Waals surface area contributed by atoms with Crippen LogP contribution < -0.4 is 0 Å². The van der Waals surface area contributed by atoms with Crippen molar-refractivity contribution in [3.63, 3.8) is 0 Å². The van der Waals surface area contributed by atoms with Gasteiger partial charge in [0, 0.05) is 0 Å². The molecule has 1 fully saturated rings. The van der Waals surface area contributed by atoms with Gasteiger partial charge in [0.05, 0.1) is 0 Å². The third-order valence-corrected chi connectivity index (χ3v) is 3.76. The largest absolute Gasteiger partial charge is 0.411 e. The van der Waals surface area contributed by atoms with E-state index in [1.54, 1.807) is 0 Å². The van der Waals surface area contributed by atoms with Gasteiger partial charge in [-0.05, 0) is 30.6 Å². The van der Waals surface area contributed by atoms with E-state index < -0.39 is 0 Å². The fraction of sp³-hybridized carbons (Fsp3) is 0.818. The zero-order valence-electron chi connectivity index (χ0n) is 9.69. The molecule has 1 atom stereocenters. The molecule has 0 radical (unpaired) electrons. The van der Waals surface area contributed by atoms with Gasteiger partial charge in [-0.2, -0.15) is 0 Å². The summed E-state index contributed by atoms with van der Waals surface area (Å²) in [5.74, 6) is 0.499. The molecule has 0 bridgehead atoms. The number of hydrogen-bond donors (Lipinski definition) is 2. The predicted octanol–water partition coefficient (Wildman–Crippen LogP) is 2.88. The molecule has 0 aliphatic heterocycles. The summed E-state index contributed by atoms with van der Waals surface area (Å²) in [7, 11) is 0. The van der Waals surface area contributed by atoms with E-state index in [9.17, 15) is 0 Å². The molecular weight excluding hydrogens is 192 g/mol. The third-order valence-electron chi connectivity index (χ3n) is 3.76. The van der Waals surface area contributed by atoms with Gasteiger partial charge >= 0.3 is 0 Å². The first-order chi connectivity index (χ1) is 7.05. The Balaban J connectivity index is 2.78. The van der Waals surface area contributed by atoms with Crippen molar-refractivity contribution in [3.8, 4) is 0 Å². The number of rotatable bonds is 2. The zero-order chi connectivity index (χ0) is 11.5. The highest BCUT2D eigenvalue weighted by Crippen LogP contribution is 2.38. The van der Waals surface area contributed by atoms with E-state index in [0.717, 1.165) is 12.8 Å². The zero-order valence-corrected chi connectivity index (χ0v) is 9.69. The molecule has 0 amide bonds. The van der Waals surface area contributed by atoms with Crippen LogP contribution in [0.25, 0.3) is 0 Å². The second kappa shape index (κ2) is 4.64. The van der Waals surface area contributed by atoms with Crippen LogP contribution in [0.4, 0.5) is 0 Å². The molecule has 0 aromatic heterocycles. The normalized spacial score (nSPS) is 28.6. The number of nitrogens with zero attached hydrogens (tertiary/aromatic N) is 2. The quantitative estimate of drug-likeness (QED) is 0.546. The average Bonchev–Trinajstić information content (AvgIpc) is 2.28. The number of oxime groups is 2. The Morgan fingerprint density at radius 1 is 1.27 bits per heavy atom. The molecule has 0 aromatic rings. The van der Waals surface area contributed by atoms with Crippen LogP contribution in [0.1, 0.15) is 46.5 Å². The first-order valence-corrected chi connectivity index (χ1v) is 5.47. The van der Waals surface area contributed by atoms with E-state index in [-0.39, 0.29) is 5.41 Å². The average molecular weight is 212 g/mol. The Bertz CT molecular complexity index is 282. The highest BCUT2D eigenvalue weighted by Gasteiger charge is 2.34. The van der Waals surface area contributed by atoms with Crippen LogP contribution in [-0.2, 0) is 0 Å². The van der Waals surface area contributed by atoms with Gasteiger partial charge in [-0.15, -0.1) is 0 Å². The smallest absolute Gasteiger partial charge is 0.105 e. The Kier molecular flexibility index (Phi) is 3.72. The molecule has 15 heavy (non-hydrogen) atoms. The van der Waals surface area contributed by atoms with Crippen LogP contribution in [0.3, 0.4) is 0 Å². The summed E-state index contributed by atoms with van der Waals surface area (Å²) in [5.41, 5.74) is 1.31. The Hall–Kier alpha value is -1.06. The lowest BCUT2D eigenvalue weighted by atomic mass is 9.69. The summed E-state index contributed by atoms with van der Waals surface area (Å²) in [6, 6.07) is 0. The second-order valence-electron chi connectivity index (χ2n) is 4.88. The lowest BCUT2D eigenvalue weighted by Crippen LogP contribution is -2.33. The monoisotopic (exact) mass is 212 g/mol. The Labute approximate surface area is 90.7 Å². The lowest BCUT2D eigenvalue weighted by Gasteiger charge is -2.36. The molecule has 1 aliphatic rings. The maximum absolute atomic E-state index is 8.84. The van der Waals surface area contributed by atoms with Crippen LogP contribution in [0, 0.1) is 11.3 Å². The molecule has 1 unspecified atom stereocenters. The molecular formula is C11H20N2O2. The molecule has 0 aromatic carbocycles. The highest BCUT2D eigenvalue weighted by atomic mass is 16.4. The summed E-state index contributed by atoms with van der Waals surface area (Å²) in [4.78, 5) is 0. The van der Waals surface area contributed by atoms with Crippen molar-refractivity contribution in [2.45, 2.75) is 46.5 Å². The fourth-order valence-corrected chi connectivity index (χ4v) is 2.07. The predicted molar refractivity (Wildman–Crippen MR) is 59.9 cm³/mol. The van der Waals surface area contributed by atoms with Crippen molar-refractivity contribution in [1.29, 1.82) is 0 Å². The van der Waals surface area contributed by atoms with E-state index in [1.807, 2.05) is 0 Å². The molecule has 2 N–H and O–H groups in total. The minimum atomic E-state index is 0.247. The van der Waals surface area contributed by atoms with Gasteiger partial charge in [-0.1, -0.05) is 37.5 Å². The van der Waals surface area contributed by atoms with Crippen LogP contribution in [-0.4, -0.2) is 21.8 Å². The van der Waals surface area contributed by atoms with Gasteiger partial charge in [0.25, 0.3) is 0 Å². The fourth-order valence-electron chi connectivity index (χ4n) is 2.07. The van der Waals surface area contributed by atoms with Crippen LogP contribution in [0.2, 0.25) is 0 Å². The molecule has 4 heteroatoms. The van der Waals surface area contributed by atoms with Crippen LogP contribution in [0.5, 0.6) is 0 Å². The molecule has 4 nitrogen and oxygen atoms in total. The second-order valence-corrected chi connectivity index (χ2v) is 4.88. The first kappa shape index (κ1) is 12.0. The van der Waals surface area contributed by atoms with Gasteiger partial charge in [0.1, 0.15) is 11.4 Å².